The molecule has 0 heterocycles. The van der Waals surface area contributed by atoms with Gasteiger partial charge in [0.05, 0.1) is 12.7 Å². The zero-order valence-corrected chi connectivity index (χ0v) is 12.3. The molecule has 0 spiro atoms. The molecule has 102 valence electrons. The number of unbranched alkanes of at least 4 members (excludes halogenated alkanes) is 1. The first-order valence-electron chi connectivity index (χ1n) is 5.88. The lowest BCUT2D eigenvalue weighted by atomic mass is 10.1. The highest BCUT2D eigenvalue weighted by Crippen LogP contribution is 2.15. The average molecular weight is 265 g/mol. The molecule has 5 N–H and O–H groups in total. The molecule has 7 heteroatoms. The normalized spacial score (nSPS) is 18.4. The Morgan fingerprint density at radius 2 is 1.94 bits per heavy atom. The number of nitrogens with one attached hydrogen (secondary N) is 1. The zero-order chi connectivity index (χ0) is 13.4. The Labute approximate surface area is 104 Å². The van der Waals surface area contributed by atoms with Crippen molar-refractivity contribution < 1.29 is 25.2 Å². The minimum Gasteiger partial charge on any atom is -0.394 e. The lowest BCUT2D eigenvalue weighted by molar-refractivity contribution is -0.132. The van der Waals surface area contributed by atoms with Crippen molar-refractivity contribution in [3.8, 4) is 0 Å². The lowest BCUT2D eigenvalue weighted by Crippen LogP contribution is -2.45. The van der Waals surface area contributed by atoms with E-state index in [1.165, 1.54) is 0 Å². The van der Waals surface area contributed by atoms with Gasteiger partial charge in [-0.05, 0) is 6.42 Å². The number of hydrogen-bond donors (Lipinski definition) is 5. The van der Waals surface area contributed by atoms with Gasteiger partial charge in [-0.1, -0.05) is 13.3 Å². The molecule has 0 fully saturated rings. The third-order valence-corrected chi connectivity index (χ3v) is 4.03. The van der Waals surface area contributed by atoms with Crippen molar-refractivity contribution >= 4 is 16.1 Å². The van der Waals surface area contributed by atoms with Crippen LogP contribution in [0.2, 0.25) is 5.54 Å². The second kappa shape index (κ2) is 8.59. The van der Waals surface area contributed by atoms with Gasteiger partial charge in [0, 0.05) is 22.3 Å². The predicted octanol–water partition coefficient (Wildman–Crippen LogP) is -2.87. The molecule has 4 atom stereocenters. The molecule has 0 aromatic carbocycles. The fourth-order valence-electron chi connectivity index (χ4n) is 1.38. The van der Waals surface area contributed by atoms with Gasteiger partial charge in [-0.3, -0.25) is 4.79 Å². The summed E-state index contributed by atoms with van der Waals surface area (Å²) in [4.78, 5) is 11.5. The molecule has 1 amide bonds. The molecule has 4 unspecified atom stereocenters. The zero-order valence-electron chi connectivity index (χ0n) is 10.3. The number of carbonyl (C=O) groups excluding carboxylic acids is 1. The van der Waals surface area contributed by atoms with E-state index in [2.05, 4.69) is 5.32 Å². The number of rotatable bonds is 8. The van der Waals surface area contributed by atoms with Gasteiger partial charge < -0.3 is 25.7 Å². The van der Waals surface area contributed by atoms with Crippen molar-refractivity contribution in [2.45, 2.75) is 43.6 Å². The third kappa shape index (κ3) is 5.60. The first kappa shape index (κ1) is 16.5. The van der Waals surface area contributed by atoms with Crippen molar-refractivity contribution in [2.75, 3.05) is 13.2 Å². The minimum atomic E-state index is -1.34. The first-order valence-corrected chi connectivity index (χ1v) is 7.03. The van der Waals surface area contributed by atoms with Crippen LogP contribution in [0.4, 0.5) is 0 Å². The molecule has 0 saturated carbocycles. The highest BCUT2D eigenvalue weighted by molar-refractivity contribution is 6.14. The molecule has 0 saturated heterocycles. The summed E-state index contributed by atoms with van der Waals surface area (Å²) in [6.07, 6.45) is -2.18. The van der Waals surface area contributed by atoms with Gasteiger partial charge in [-0.2, -0.15) is 0 Å². The maximum atomic E-state index is 11.5. The summed E-state index contributed by atoms with van der Waals surface area (Å²) < 4.78 is 0. The summed E-state index contributed by atoms with van der Waals surface area (Å²) >= 11 is 0. The van der Waals surface area contributed by atoms with Crippen LogP contribution in [-0.2, 0) is 4.79 Å². The molecule has 17 heavy (non-hydrogen) atoms. The number of aliphatic hydroxyl groups excluding tert-OH is 4. The minimum absolute atomic E-state index is 0.335. The molecule has 0 bridgehead atoms. The Bertz CT molecular complexity index is 229. The molecule has 0 rings (SSSR count). The van der Waals surface area contributed by atoms with Gasteiger partial charge in [0.1, 0.15) is 12.2 Å². The number of hydrogen-bond acceptors (Lipinski definition) is 5. The van der Waals surface area contributed by atoms with Gasteiger partial charge in [0.15, 0.2) is 0 Å². The highest BCUT2D eigenvalue weighted by Gasteiger charge is 2.31. The summed E-state index contributed by atoms with van der Waals surface area (Å²) in [5.74, 6) is -0.539. The van der Waals surface area contributed by atoms with Crippen molar-refractivity contribution in [1.82, 2.24) is 5.32 Å². The molecule has 0 aliphatic rings. The molecule has 0 aliphatic heterocycles. The maximum absolute atomic E-state index is 11.5. The van der Waals surface area contributed by atoms with E-state index in [0.717, 1.165) is 12.8 Å². The average Bonchev–Trinajstić information content (AvgIpc) is 2.35. The summed E-state index contributed by atoms with van der Waals surface area (Å²) in [6.45, 7) is 1.88. The van der Waals surface area contributed by atoms with Crippen LogP contribution < -0.4 is 5.32 Å². The van der Waals surface area contributed by atoms with E-state index in [1.54, 1.807) is 0 Å². The Hall–Kier alpha value is -0.473. The second-order valence-corrected chi connectivity index (χ2v) is 5.52. The predicted molar refractivity (Wildman–Crippen MR) is 66.7 cm³/mol. The molecule has 0 aromatic heterocycles. The molecule has 0 aromatic rings. The van der Waals surface area contributed by atoms with E-state index in [4.69, 9.17) is 5.11 Å². The van der Waals surface area contributed by atoms with Crippen LogP contribution in [-0.4, -0.2) is 68.0 Å². The smallest absolute Gasteiger partial charge is 0.248 e. The summed E-state index contributed by atoms with van der Waals surface area (Å²) in [5.41, 5.74) is -0.709. The van der Waals surface area contributed by atoms with Gasteiger partial charge in [0.25, 0.3) is 0 Å². The molecular weight excluding hydrogens is 242 g/mol. The van der Waals surface area contributed by atoms with E-state index in [1.807, 2.05) is 6.92 Å². The van der Waals surface area contributed by atoms with E-state index in [9.17, 15) is 20.1 Å². The van der Waals surface area contributed by atoms with Crippen LogP contribution in [0.5, 0.6) is 0 Å². The SMILES string of the molecule is CCCCNC(=O)C(O)C([SiH3])C(O)C(O)CO. The van der Waals surface area contributed by atoms with E-state index < -0.39 is 36.4 Å². The maximum Gasteiger partial charge on any atom is 0.248 e. The van der Waals surface area contributed by atoms with Crippen LogP contribution >= 0.6 is 0 Å². The van der Waals surface area contributed by atoms with Crippen LogP contribution in [0.15, 0.2) is 0 Å². The standard InChI is InChI=1S/C10H23NO5Si/c1-2-3-4-11-10(16)8(15)9(17)7(14)6(13)5-12/h6-9,12-15H,2-5H2,1,17H3,(H,11,16). The topological polar surface area (TPSA) is 110 Å². The second-order valence-electron chi connectivity index (χ2n) is 4.19. The van der Waals surface area contributed by atoms with Crippen LogP contribution in [0, 0.1) is 0 Å². The summed E-state index contributed by atoms with van der Waals surface area (Å²) in [5, 5.41) is 39.7. The van der Waals surface area contributed by atoms with Crippen LogP contribution in [0.25, 0.3) is 0 Å². The lowest BCUT2D eigenvalue weighted by Gasteiger charge is -2.26. The van der Waals surface area contributed by atoms with Crippen LogP contribution in [0.3, 0.4) is 0 Å². The Kier molecular flexibility index (Phi) is 8.35. The van der Waals surface area contributed by atoms with Crippen molar-refractivity contribution in [2.24, 2.45) is 0 Å². The fraction of sp³-hybridized carbons (Fsp3) is 0.900. The summed E-state index contributed by atoms with van der Waals surface area (Å²) in [7, 11) is 0.335. The van der Waals surface area contributed by atoms with E-state index in [-0.39, 0.29) is 0 Å². The third-order valence-electron chi connectivity index (χ3n) is 2.72. The van der Waals surface area contributed by atoms with Crippen molar-refractivity contribution in [1.29, 1.82) is 0 Å². The Balaban J connectivity index is 4.18. The highest BCUT2D eigenvalue weighted by atomic mass is 28.1. The largest absolute Gasteiger partial charge is 0.394 e. The van der Waals surface area contributed by atoms with Gasteiger partial charge >= 0.3 is 0 Å². The Morgan fingerprint density at radius 1 is 1.35 bits per heavy atom. The quantitative estimate of drug-likeness (QED) is 0.239. The summed E-state index contributed by atoms with van der Waals surface area (Å²) in [6, 6.07) is 0. The van der Waals surface area contributed by atoms with Gasteiger partial charge in [-0.25, -0.2) is 0 Å². The number of amides is 1. The molecule has 6 nitrogen and oxygen atoms in total. The number of aliphatic hydroxyl groups is 4. The fourth-order valence-corrected chi connectivity index (χ4v) is 2.12. The Morgan fingerprint density at radius 3 is 2.41 bits per heavy atom. The van der Waals surface area contributed by atoms with Gasteiger partial charge in [-0.15, -0.1) is 0 Å². The number of carbonyl (C=O) groups is 1. The molecule has 0 aliphatic carbocycles. The van der Waals surface area contributed by atoms with Crippen molar-refractivity contribution in [3.05, 3.63) is 0 Å². The monoisotopic (exact) mass is 265 g/mol. The van der Waals surface area contributed by atoms with Crippen molar-refractivity contribution in [3.63, 3.8) is 0 Å². The first-order chi connectivity index (χ1) is 7.95. The molecular formula is C10H23NO5Si. The van der Waals surface area contributed by atoms with Gasteiger partial charge in [0.2, 0.25) is 5.91 Å². The van der Waals surface area contributed by atoms with Crippen LogP contribution in [0.1, 0.15) is 19.8 Å². The molecule has 0 radical (unpaired) electrons. The van der Waals surface area contributed by atoms with E-state index >= 15 is 0 Å². The van der Waals surface area contributed by atoms with E-state index in [0.29, 0.717) is 16.8 Å².